The van der Waals surface area contributed by atoms with Crippen LogP contribution in [-0.4, -0.2) is 4.98 Å². The zero-order chi connectivity index (χ0) is 11.7. The van der Waals surface area contributed by atoms with Crippen LogP contribution in [0.3, 0.4) is 0 Å². The number of fused-ring (bicyclic) bond motifs is 1. The predicted molar refractivity (Wildman–Crippen MR) is 68.3 cm³/mol. The average Bonchev–Trinajstić information content (AvgIpc) is 2.25. The SMILES string of the molecule is CCCc1cc(=O)c2ccc(Cl)c(C)c2[nH]1. The molecule has 2 nitrogen and oxygen atoms in total. The molecule has 3 heteroatoms. The van der Waals surface area contributed by atoms with Crippen molar-refractivity contribution in [1.29, 1.82) is 0 Å². The normalized spacial score (nSPS) is 10.9. The maximum atomic E-state index is 11.9. The molecule has 2 rings (SSSR count). The fourth-order valence-electron chi connectivity index (χ4n) is 1.89. The Bertz CT molecular complexity index is 586. The summed E-state index contributed by atoms with van der Waals surface area (Å²) < 4.78 is 0. The smallest absolute Gasteiger partial charge is 0.189 e. The summed E-state index contributed by atoms with van der Waals surface area (Å²) in [5, 5.41) is 1.40. The highest BCUT2D eigenvalue weighted by Gasteiger charge is 2.06. The number of nitrogens with one attached hydrogen (secondary N) is 1. The molecule has 0 aliphatic carbocycles. The minimum absolute atomic E-state index is 0.0666. The van der Waals surface area contributed by atoms with Crippen LogP contribution < -0.4 is 5.43 Å². The van der Waals surface area contributed by atoms with Gasteiger partial charge in [-0.3, -0.25) is 4.79 Å². The molecule has 0 bridgehead atoms. The van der Waals surface area contributed by atoms with Crippen LogP contribution in [0.5, 0.6) is 0 Å². The third-order valence-electron chi connectivity index (χ3n) is 2.77. The summed E-state index contributed by atoms with van der Waals surface area (Å²) in [4.78, 5) is 15.2. The first-order valence-corrected chi connectivity index (χ1v) is 5.82. The number of benzene rings is 1. The van der Waals surface area contributed by atoms with Gasteiger partial charge in [0.15, 0.2) is 5.43 Å². The third kappa shape index (κ3) is 1.85. The van der Waals surface area contributed by atoms with Crippen molar-refractivity contribution in [3.05, 3.63) is 44.7 Å². The molecular weight excluding hydrogens is 222 g/mol. The fraction of sp³-hybridized carbons (Fsp3) is 0.308. The highest BCUT2D eigenvalue weighted by molar-refractivity contribution is 6.32. The van der Waals surface area contributed by atoms with E-state index in [1.807, 2.05) is 6.92 Å². The second-order valence-corrected chi connectivity index (χ2v) is 4.41. The molecule has 0 aliphatic heterocycles. The molecule has 2 aromatic rings. The lowest BCUT2D eigenvalue weighted by Gasteiger charge is -2.07. The molecule has 1 aromatic carbocycles. The van der Waals surface area contributed by atoms with Crippen LogP contribution in [0.25, 0.3) is 10.9 Å². The van der Waals surface area contributed by atoms with Crippen LogP contribution in [0.4, 0.5) is 0 Å². The Morgan fingerprint density at radius 2 is 2.12 bits per heavy atom. The zero-order valence-corrected chi connectivity index (χ0v) is 10.2. The Labute approximate surface area is 99.3 Å². The molecule has 0 aliphatic rings. The minimum atomic E-state index is 0.0666. The van der Waals surface area contributed by atoms with Crippen molar-refractivity contribution in [3.8, 4) is 0 Å². The summed E-state index contributed by atoms with van der Waals surface area (Å²) in [6.45, 7) is 4.02. The average molecular weight is 236 g/mol. The maximum absolute atomic E-state index is 11.9. The number of aromatic nitrogens is 1. The van der Waals surface area contributed by atoms with E-state index < -0.39 is 0 Å². The van der Waals surface area contributed by atoms with E-state index in [0.29, 0.717) is 10.4 Å². The van der Waals surface area contributed by atoms with Crippen LogP contribution in [0.1, 0.15) is 24.6 Å². The van der Waals surface area contributed by atoms with Gasteiger partial charge in [-0.25, -0.2) is 0 Å². The van der Waals surface area contributed by atoms with Gasteiger partial charge in [-0.1, -0.05) is 24.9 Å². The number of hydrogen-bond donors (Lipinski definition) is 1. The first-order chi connectivity index (χ1) is 7.63. The van der Waals surface area contributed by atoms with Crippen molar-refractivity contribution in [2.24, 2.45) is 0 Å². The first-order valence-electron chi connectivity index (χ1n) is 5.44. The maximum Gasteiger partial charge on any atom is 0.189 e. The van der Waals surface area contributed by atoms with E-state index in [-0.39, 0.29) is 5.43 Å². The molecule has 1 heterocycles. The summed E-state index contributed by atoms with van der Waals surface area (Å²) in [7, 11) is 0. The fourth-order valence-corrected chi connectivity index (χ4v) is 2.05. The van der Waals surface area contributed by atoms with Crippen molar-refractivity contribution < 1.29 is 0 Å². The summed E-state index contributed by atoms with van der Waals surface area (Å²) in [6, 6.07) is 5.23. The lowest BCUT2D eigenvalue weighted by molar-refractivity contribution is 0.887. The monoisotopic (exact) mass is 235 g/mol. The van der Waals surface area contributed by atoms with Gasteiger partial charge in [0.05, 0.1) is 5.52 Å². The van der Waals surface area contributed by atoms with E-state index >= 15 is 0 Å². The summed E-state index contributed by atoms with van der Waals surface area (Å²) in [5.41, 5.74) is 2.85. The van der Waals surface area contributed by atoms with Crippen LogP contribution in [0.15, 0.2) is 23.0 Å². The van der Waals surface area contributed by atoms with Crippen molar-refractivity contribution in [1.82, 2.24) is 4.98 Å². The van der Waals surface area contributed by atoms with Crippen molar-refractivity contribution in [3.63, 3.8) is 0 Å². The van der Waals surface area contributed by atoms with Crippen LogP contribution in [0, 0.1) is 6.92 Å². The Kier molecular flexibility index (Phi) is 3.01. The number of aromatic amines is 1. The Morgan fingerprint density at radius 3 is 2.81 bits per heavy atom. The quantitative estimate of drug-likeness (QED) is 0.850. The van der Waals surface area contributed by atoms with E-state index in [2.05, 4.69) is 11.9 Å². The Morgan fingerprint density at radius 1 is 1.38 bits per heavy atom. The van der Waals surface area contributed by atoms with E-state index in [4.69, 9.17) is 11.6 Å². The number of hydrogen-bond acceptors (Lipinski definition) is 1. The molecule has 0 spiro atoms. The van der Waals surface area contributed by atoms with Crippen LogP contribution in [-0.2, 0) is 6.42 Å². The van der Waals surface area contributed by atoms with E-state index in [0.717, 1.165) is 29.6 Å². The largest absolute Gasteiger partial charge is 0.358 e. The molecule has 0 amide bonds. The lowest BCUT2D eigenvalue weighted by atomic mass is 10.1. The molecule has 0 fully saturated rings. The standard InChI is InChI=1S/C13H14ClNO/c1-3-4-9-7-12(16)10-5-6-11(14)8(2)13(10)15-9/h5-7H,3-4H2,1-2H3,(H,15,16). The van der Waals surface area contributed by atoms with Crippen LogP contribution >= 0.6 is 11.6 Å². The Hall–Kier alpha value is -1.28. The summed E-state index contributed by atoms with van der Waals surface area (Å²) in [5.74, 6) is 0. The molecule has 0 saturated heterocycles. The Balaban J connectivity index is 2.78. The molecule has 84 valence electrons. The van der Waals surface area contributed by atoms with Crippen LogP contribution in [0.2, 0.25) is 5.02 Å². The number of rotatable bonds is 2. The van der Waals surface area contributed by atoms with Gasteiger partial charge in [0.1, 0.15) is 0 Å². The zero-order valence-electron chi connectivity index (χ0n) is 9.43. The molecule has 1 aromatic heterocycles. The van der Waals surface area contributed by atoms with Gasteiger partial charge in [0.25, 0.3) is 0 Å². The molecule has 1 N–H and O–H groups in total. The van der Waals surface area contributed by atoms with Crippen molar-refractivity contribution in [2.75, 3.05) is 0 Å². The summed E-state index contributed by atoms with van der Waals surface area (Å²) in [6.07, 6.45) is 1.90. The second-order valence-electron chi connectivity index (χ2n) is 4.00. The van der Waals surface area contributed by atoms with E-state index in [1.54, 1.807) is 18.2 Å². The van der Waals surface area contributed by atoms with E-state index in [9.17, 15) is 4.79 Å². The highest BCUT2D eigenvalue weighted by Crippen LogP contribution is 2.22. The van der Waals surface area contributed by atoms with Gasteiger partial charge < -0.3 is 4.98 Å². The van der Waals surface area contributed by atoms with Gasteiger partial charge >= 0.3 is 0 Å². The van der Waals surface area contributed by atoms with Gasteiger partial charge in [-0.15, -0.1) is 0 Å². The topological polar surface area (TPSA) is 32.9 Å². The minimum Gasteiger partial charge on any atom is -0.358 e. The molecule has 0 radical (unpaired) electrons. The van der Waals surface area contributed by atoms with Crippen molar-refractivity contribution >= 4 is 22.5 Å². The molecule has 0 saturated carbocycles. The number of pyridine rings is 1. The molecule has 0 unspecified atom stereocenters. The number of H-pyrrole nitrogens is 1. The predicted octanol–water partition coefficient (Wildman–Crippen LogP) is 3.44. The van der Waals surface area contributed by atoms with Gasteiger partial charge in [0, 0.05) is 22.2 Å². The van der Waals surface area contributed by atoms with E-state index in [1.165, 1.54) is 0 Å². The first kappa shape index (κ1) is 11.2. The van der Waals surface area contributed by atoms with Gasteiger partial charge in [0.2, 0.25) is 0 Å². The molecule has 0 atom stereocenters. The number of aryl methyl sites for hydroxylation is 2. The molecular formula is C13H14ClNO. The lowest BCUT2D eigenvalue weighted by Crippen LogP contribution is -2.06. The molecule has 16 heavy (non-hydrogen) atoms. The van der Waals surface area contributed by atoms with Crippen molar-refractivity contribution in [2.45, 2.75) is 26.7 Å². The second kappa shape index (κ2) is 4.30. The van der Waals surface area contributed by atoms with Gasteiger partial charge in [-0.05, 0) is 31.0 Å². The number of halogens is 1. The van der Waals surface area contributed by atoms with Gasteiger partial charge in [-0.2, -0.15) is 0 Å². The summed E-state index contributed by atoms with van der Waals surface area (Å²) >= 11 is 6.05. The third-order valence-corrected chi connectivity index (χ3v) is 3.18. The highest BCUT2D eigenvalue weighted by atomic mass is 35.5.